The summed E-state index contributed by atoms with van der Waals surface area (Å²) in [5.41, 5.74) is -0.715. The summed E-state index contributed by atoms with van der Waals surface area (Å²) in [7, 11) is 0. The molecule has 0 radical (unpaired) electrons. The maximum atomic E-state index is 12.6. The van der Waals surface area contributed by atoms with Crippen molar-refractivity contribution in [3.63, 3.8) is 0 Å². The van der Waals surface area contributed by atoms with Crippen LogP contribution in [0, 0.1) is 6.92 Å². The summed E-state index contributed by atoms with van der Waals surface area (Å²) >= 11 is 1.16. The van der Waals surface area contributed by atoms with E-state index in [2.05, 4.69) is 10.3 Å². The summed E-state index contributed by atoms with van der Waals surface area (Å²) in [4.78, 5) is 4.00. The number of hydrogen-bond acceptors (Lipinski definition) is 3. The number of nitrogens with one attached hydrogen (secondary N) is 1. The highest BCUT2D eigenvalue weighted by Gasteiger charge is 2.36. The molecule has 0 aliphatic carbocycles. The van der Waals surface area contributed by atoms with Gasteiger partial charge in [-0.25, -0.2) is 4.98 Å². The molecule has 2 heterocycles. The molecule has 17 heavy (non-hydrogen) atoms. The Kier molecular flexibility index (Phi) is 3.73. The summed E-state index contributed by atoms with van der Waals surface area (Å²) in [6.45, 7) is 2.44. The fourth-order valence-corrected chi connectivity index (χ4v) is 3.14. The molecule has 2 rings (SSSR count). The Morgan fingerprint density at radius 3 is 2.71 bits per heavy atom. The molecule has 1 aromatic heterocycles. The number of rotatable bonds is 2. The molecule has 2 nitrogen and oxygen atoms in total. The van der Waals surface area contributed by atoms with Crippen molar-refractivity contribution in [1.29, 1.82) is 0 Å². The van der Waals surface area contributed by atoms with Crippen molar-refractivity contribution in [2.45, 2.75) is 44.8 Å². The topological polar surface area (TPSA) is 24.9 Å². The summed E-state index contributed by atoms with van der Waals surface area (Å²) in [6.07, 6.45) is -0.379. The molecular formula is C11H15F3N2S. The first-order chi connectivity index (χ1) is 7.97. The van der Waals surface area contributed by atoms with Crippen LogP contribution in [-0.2, 0) is 12.6 Å². The molecule has 6 heteroatoms. The highest BCUT2D eigenvalue weighted by Crippen LogP contribution is 2.34. The zero-order valence-corrected chi connectivity index (χ0v) is 10.4. The van der Waals surface area contributed by atoms with E-state index in [1.165, 1.54) is 6.92 Å². The third-order valence-corrected chi connectivity index (χ3v) is 3.94. The van der Waals surface area contributed by atoms with E-state index in [4.69, 9.17) is 0 Å². The Morgan fingerprint density at radius 2 is 2.18 bits per heavy atom. The zero-order valence-electron chi connectivity index (χ0n) is 9.60. The number of aryl methyl sites for hydroxylation is 1. The highest BCUT2D eigenvalue weighted by atomic mass is 32.1. The Morgan fingerprint density at radius 1 is 1.41 bits per heavy atom. The Hall–Kier alpha value is -0.620. The molecule has 0 spiro atoms. The van der Waals surface area contributed by atoms with E-state index in [1.807, 2.05) is 0 Å². The van der Waals surface area contributed by atoms with E-state index in [9.17, 15) is 13.2 Å². The lowest BCUT2D eigenvalue weighted by Crippen LogP contribution is -2.35. The molecule has 96 valence electrons. The van der Waals surface area contributed by atoms with Crippen LogP contribution in [0.2, 0.25) is 0 Å². The van der Waals surface area contributed by atoms with Gasteiger partial charge in [0.25, 0.3) is 0 Å². The predicted octanol–water partition coefficient (Wildman–Crippen LogP) is 3.15. The zero-order chi connectivity index (χ0) is 12.5. The van der Waals surface area contributed by atoms with Gasteiger partial charge >= 0.3 is 6.18 Å². The van der Waals surface area contributed by atoms with Crippen molar-refractivity contribution in [2.24, 2.45) is 0 Å². The van der Waals surface area contributed by atoms with Crippen molar-refractivity contribution in [3.8, 4) is 0 Å². The lowest BCUT2D eigenvalue weighted by atomic mass is 10.0. The molecule has 0 bridgehead atoms. The SMILES string of the molecule is Cc1sc(CC2CCCCN2)nc1C(F)(F)F. The summed E-state index contributed by atoms with van der Waals surface area (Å²) < 4.78 is 37.7. The maximum Gasteiger partial charge on any atom is 0.434 e. The summed E-state index contributed by atoms with van der Waals surface area (Å²) in [5.74, 6) is 0. The van der Waals surface area contributed by atoms with Gasteiger partial charge in [0, 0.05) is 17.3 Å². The lowest BCUT2D eigenvalue weighted by molar-refractivity contribution is -0.141. The van der Waals surface area contributed by atoms with Crippen LogP contribution in [0.1, 0.15) is 34.8 Å². The van der Waals surface area contributed by atoms with Crippen molar-refractivity contribution in [1.82, 2.24) is 10.3 Å². The van der Waals surface area contributed by atoms with Gasteiger partial charge in [-0.05, 0) is 26.3 Å². The van der Waals surface area contributed by atoms with Crippen LogP contribution < -0.4 is 5.32 Å². The second-order valence-electron chi connectivity index (χ2n) is 4.36. The van der Waals surface area contributed by atoms with Gasteiger partial charge in [0.15, 0.2) is 5.69 Å². The molecule has 1 saturated heterocycles. The highest BCUT2D eigenvalue weighted by molar-refractivity contribution is 7.11. The van der Waals surface area contributed by atoms with Gasteiger partial charge in [0.2, 0.25) is 0 Å². The van der Waals surface area contributed by atoms with Crippen molar-refractivity contribution < 1.29 is 13.2 Å². The van der Waals surface area contributed by atoms with Gasteiger partial charge < -0.3 is 5.32 Å². The normalized spacial score (nSPS) is 21.8. The van der Waals surface area contributed by atoms with Crippen LogP contribution in [-0.4, -0.2) is 17.6 Å². The quantitative estimate of drug-likeness (QED) is 0.887. The average Bonchev–Trinajstić information content (AvgIpc) is 2.60. The minimum Gasteiger partial charge on any atom is -0.314 e. The molecule has 0 aromatic carbocycles. The number of nitrogens with zero attached hydrogens (tertiary/aromatic N) is 1. The number of alkyl halides is 3. The van der Waals surface area contributed by atoms with Gasteiger partial charge in [-0.15, -0.1) is 11.3 Å². The van der Waals surface area contributed by atoms with Gasteiger partial charge in [-0.2, -0.15) is 13.2 Å². The van der Waals surface area contributed by atoms with Crippen molar-refractivity contribution in [3.05, 3.63) is 15.6 Å². The monoisotopic (exact) mass is 264 g/mol. The third kappa shape index (κ3) is 3.19. The van der Waals surface area contributed by atoms with E-state index < -0.39 is 11.9 Å². The molecule has 1 aliphatic rings. The summed E-state index contributed by atoms with van der Waals surface area (Å²) in [5, 5.41) is 3.91. The Labute approximate surface area is 102 Å². The minimum absolute atomic E-state index is 0.267. The van der Waals surface area contributed by atoms with Gasteiger partial charge in [0.1, 0.15) is 0 Å². The van der Waals surface area contributed by atoms with Crippen LogP contribution in [0.3, 0.4) is 0 Å². The van der Waals surface area contributed by atoms with Crippen LogP contribution in [0.15, 0.2) is 0 Å². The maximum absolute atomic E-state index is 12.6. The fourth-order valence-electron chi connectivity index (χ4n) is 2.11. The van der Waals surface area contributed by atoms with Crippen LogP contribution in [0.4, 0.5) is 13.2 Å². The molecule has 1 aliphatic heterocycles. The minimum atomic E-state index is -4.32. The van der Waals surface area contributed by atoms with Gasteiger partial charge in [-0.3, -0.25) is 0 Å². The fraction of sp³-hybridized carbons (Fsp3) is 0.727. The Bertz CT molecular complexity index is 381. The van der Waals surface area contributed by atoms with Crippen molar-refractivity contribution >= 4 is 11.3 Å². The molecule has 1 atom stereocenters. The number of hydrogen-bond donors (Lipinski definition) is 1. The smallest absolute Gasteiger partial charge is 0.314 e. The van der Waals surface area contributed by atoms with E-state index in [0.717, 1.165) is 37.1 Å². The first kappa shape index (κ1) is 12.8. The lowest BCUT2D eigenvalue weighted by Gasteiger charge is -2.22. The molecule has 0 saturated carbocycles. The van der Waals surface area contributed by atoms with E-state index in [-0.39, 0.29) is 10.9 Å². The standard InChI is InChI=1S/C11H15F3N2S/c1-7-10(11(12,13)14)16-9(17-7)6-8-4-2-3-5-15-8/h8,15H,2-6H2,1H3. The van der Waals surface area contributed by atoms with Gasteiger partial charge in [0.05, 0.1) is 5.01 Å². The number of halogens is 3. The van der Waals surface area contributed by atoms with E-state index in [1.54, 1.807) is 0 Å². The number of aromatic nitrogens is 1. The first-order valence-corrected chi connectivity index (χ1v) is 6.55. The third-order valence-electron chi connectivity index (χ3n) is 2.94. The second kappa shape index (κ2) is 4.94. The van der Waals surface area contributed by atoms with Crippen LogP contribution in [0.5, 0.6) is 0 Å². The molecule has 1 fully saturated rings. The predicted molar refractivity (Wildman–Crippen MR) is 61.2 cm³/mol. The number of thiazole rings is 1. The van der Waals surface area contributed by atoms with Crippen molar-refractivity contribution in [2.75, 3.05) is 6.54 Å². The molecular weight excluding hydrogens is 249 g/mol. The molecule has 1 aromatic rings. The molecule has 1 N–H and O–H groups in total. The van der Waals surface area contributed by atoms with Crippen LogP contribution >= 0.6 is 11.3 Å². The largest absolute Gasteiger partial charge is 0.434 e. The first-order valence-electron chi connectivity index (χ1n) is 5.73. The Balaban J connectivity index is 2.06. The molecule has 1 unspecified atom stereocenters. The van der Waals surface area contributed by atoms with E-state index in [0.29, 0.717) is 11.4 Å². The van der Waals surface area contributed by atoms with Gasteiger partial charge in [-0.1, -0.05) is 6.42 Å². The average molecular weight is 264 g/mol. The molecule has 0 amide bonds. The number of piperidine rings is 1. The summed E-state index contributed by atoms with van der Waals surface area (Å²) in [6, 6.07) is 0.287. The van der Waals surface area contributed by atoms with E-state index >= 15 is 0 Å². The van der Waals surface area contributed by atoms with Crippen LogP contribution in [0.25, 0.3) is 0 Å². The second-order valence-corrected chi connectivity index (χ2v) is 5.65.